The lowest BCUT2D eigenvalue weighted by Gasteiger charge is -2.11. The number of aryl methyl sites for hydroxylation is 1. The molecule has 0 saturated heterocycles. The van der Waals surface area contributed by atoms with E-state index in [4.69, 9.17) is 10.00 Å². The Hall–Kier alpha value is -2.47. The van der Waals surface area contributed by atoms with Crippen molar-refractivity contribution >= 4 is 0 Å². The average molecular weight is 267 g/mol. The lowest BCUT2D eigenvalue weighted by atomic mass is 10.1. The minimum Gasteiger partial charge on any atom is -0.508 e. The molecule has 0 saturated carbocycles. The van der Waals surface area contributed by atoms with E-state index in [0.717, 1.165) is 29.7 Å². The Kier molecular flexibility index (Phi) is 4.62. The van der Waals surface area contributed by atoms with Crippen LogP contribution in [0.4, 0.5) is 0 Å². The molecule has 0 amide bonds. The van der Waals surface area contributed by atoms with Crippen LogP contribution in [-0.2, 0) is 12.8 Å². The van der Waals surface area contributed by atoms with Gasteiger partial charge in [-0.25, -0.2) is 0 Å². The molecule has 0 atom stereocenters. The summed E-state index contributed by atoms with van der Waals surface area (Å²) >= 11 is 0. The van der Waals surface area contributed by atoms with Crippen LogP contribution < -0.4 is 4.74 Å². The van der Waals surface area contributed by atoms with Gasteiger partial charge in [-0.05, 0) is 47.9 Å². The van der Waals surface area contributed by atoms with Gasteiger partial charge in [-0.15, -0.1) is 0 Å². The molecule has 0 aliphatic carbocycles. The molecule has 0 aliphatic heterocycles. The van der Waals surface area contributed by atoms with Crippen molar-refractivity contribution in [1.82, 2.24) is 0 Å². The number of phenols is 1. The molecule has 20 heavy (non-hydrogen) atoms. The SMILES string of the molecule is CCc1cc(O)ccc1OCCc1ccc(C#N)cc1. The van der Waals surface area contributed by atoms with Gasteiger partial charge in [-0.3, -0.25) is 0 Å². The first-order valence-electron chi connectivity index (χ1n) is 6.66. The van der Waals surface area contributed by atoms with Crippen LogP contribution in [0.15, 0.2) is 42.5 Å². The molecular formula is C17H17NO2. The second kappa shape index (κ2) is 6.63. The Morgan fingerprint density at radius 1 is 1.15 bits per heavy atom. The molecule has 2 aromatic rings. The maximum absolute atomic E-state index is 9.44. The number of aromatic hydroxyl groups is 1. The molecule has 0 fully saturated rings. The van der Waals surface area contributed by atoms with E-state index in [1.807, 2.05) is 31.2 Å². The summed E-state index contributed by atoms with van der Waals surface area (Å²) in [5.74, 6) is 1.08. The number of hydrogen-bond acceptors (Lipinski definition) is 3. The average Bonchev–Trinajstić information content (AvgIpc) is 2.49. The van der Waals surface area contributed by atoms with Crippen molar-refractivity contribution in [2.24, 2.45) is 0 Å². The molecular weight excluding hydrogens is 250 g/mol. The third-order valence-electron chi connectivity index (χ3n) is 3.16. The fourth-order valence-corrected chi connectivity index (χ4v) is 2.01. The van der Waals surface area contributed by atoms with Crippen LogP contribution in [0, 0.1) is 11.3 Å². The largest absolute Gasteiger partial charge is 0.508 e. The highest BCUT2D eigenvalue weighted by atomic mass is 16.5. The minimum atomic E-state index is 0.265. The van der Waals surface area contributed by atoms with Gasteiger partial charge in [0.15, 0.2) is 0 Å². The molecule has 2 rings (SSSR count). The van der Waals surface area contributed by atoms with Crippen molar-refractivity contribution < 1.29 is 9.84 Å². The van der Waals surface area contributed by atoms with Crippen LogP contribution in [0.5, 0.6) is 11.5 Å². The number of nitrogens with zero attached hydrogens (tertiary/aromatic N) is 1. The highest BCUT2D eigenvalue weighted by Crippen LogP contribution is 2.24. The van der Waals surface area contributed by atoms with Crippen LogP contribution >= 0.6 is 0 Å². The second-order valence-corrected chi connectivity index (χ2v) is 4.55. The number of benzene rings is 2. The lowest BCUT2D eigenvalue weighted by molar-refractivity contribution is 0.318. The zero-order chi connectivity index (χ0) is 14.4. The zero-order valence-corrected chi connectivity index (χ0v) is 11.5. The summed E-state index contributed by atoms with van der Waals surface area (Å²) in [6.45, 7) is 2.60. The molecule has 2 aromatic carbocycles. The van der Waals surface area contributed by atoms with E-state index in [1.165, 1.54) is 0 Å². The predicted molar refractivity (Wildman–Crippen MR) is 77.8 cm³/mol. The van der Waals surface area contributed by atoms with Gasteiger partial charge in [-0.2, -0.15) is 5.26 Å². The van der Waals surface area contributed by atoms with Crippen molar-refractivity contribution in [2.75, 3.05) is 6.61 Å². The van der Waals surface area contributed by atoms with E-state index < -0.39 is 0 Å². The van der Waals surface area contributed by atoms with Crippen molar-refractivity contribution in [1.29, 1.82) is 5.26 Å². The molecule has 0 bridgehead atoms. The van der Waals surface area contributed by atoms with Gasteiger partial charge in [0, 0.05) is 6.42 Å². The number of nitriles is 1. The number of ether oxygens (including phenoxy) is 1. The fourth-order valence-electron chi connectivity index (χ4n) is 2.01. The molecule has 0 aromatic heterocycles. The normalized spacial score (nSPS) is 10.0. The Bertz CT molecular complexity index is 612. The van der Waals surface area contributed by atoms with Gasteiger partial charge in [0.1, 0.15) is 11.5 Å². The number of phenolic OH excluding ortho intramolecular Hbond substituents is 1. The summed E-state index contributed by atoms with van der Waals surface area (Å²) in [5, 5.41) is 18.2. The van der Waals surface area contributed by atoms with Gasteiger partial charge in [0.2, 0.25) is 0 Å². The lowest BCUT2D eigenvalue weighted by Crippen LogP contribution is -2.03. The van der Waals surface area contributed by atoms with E-state index >= 15 is 0 Å². The van der Waals surface area contributed by atoms with Gasteiger partial charge >= 0.3 is 0 Å². The summed E-state index contributed by atoms with van der Waals surface area (Å²) in [4.78, 5) is 0. The van der Waals surface area contributed by atoms with Gasteiger partial charge in [0.05, 0.1) is 18.2 Å². The van der Waals surface area contributed by atoms with Crippen LogP contribution in [0.1, 0.15) is 23.6 Å². The summed E-state index contributed by atoms with van der Waals surface area (Å²) in [6, 6.07) is 14.8. The first-order valence-corrected chi connectivity index (χ1v) is 6.66. The quantitative estimate of drug-likeness (QED) is 0.902. The Morgan fingerprint density at radius 2 is 1.90 bits per heavy atom. The summed E-state index contributed by atoms with van der Waals surface area (Å²) < 4.78 is 5.77. The van der Waals surface area contributed by atoms with Gasteiger partial charge in [0.25, 0.3) is 0 Å². The van der Waals surface area contributed by atoms with Crippen LogP contribution in [0.25, 0.3) is 0 Å². The third-order valence-corrected chi connectivity index (χ3v) is 3.16. The molecule has 3 heteroatoms. The van der Waals surface area contributed by atoms with E-state index in [0.29, 0.717) is 12.2 Å². The first-order chi connectivity index (χ1) is 9.72. The van der Waals surface area contributed by atoms with Gasteiger partial charge in [-0.1, -0.05) is 19.1 Å². The maximum atomic E-state index is 9.44. The van der Waals surface area contributed by atoms with Crippen molar-refractivity contribution in [3.05, 3.63) is 59.2 Å². The zero-order valence-electron chi connectivity index (χ0n) is 11.5. The van der Waals surface area contributed by atoms with E-state index in [9.17, 15) is 5.11 Å². The van der Waals surface area contributed by atoms with E-state index in [1.54, 1.807) is 18.2 Å². The molecule has 0 spiro atoms. The molecule has 0 radical (unpaired) electrons. The summed E-state index contributed by atoms with van der Waals surface area (Å²) in [6.07, 6.45) is 1.61. The van der Waals surface area contributed by atoms with E-state index in [2.05, 4.69) is 6.07 Å². The highest BCUT2D eigenvalue weighted by Gasteiger charge is 2.03. The first kappa shape index (κ1) is 14.0. The Morgan fingerprint density at radius 3 is 2.55 bits per heavy atom. The summed E-state index contributed by atoms with van der Waals surface area (Å²) in [5.41, 5.74) is 2.81. The van der Waals surface area contributed by atoms with Crippen molar-refractivity contribution in [2.45, 2.75) is 19.8 Å². The monoisotopic (exact) mass is 267 g/mol. The molecule has 0 aliphatic rings. The van der Waals surface area contributed by atoms with Crippen LogP contribution in [-0.4, -0.2) is 11.7 Å². The predicted octanol–water partition coefficient (Wildman–Crippen LogP) is 3.45. The third kappa shape index (κ3) is 3.52. The van der Waals surface area contributed by atoms with E-state index in [-0.39, 0.29) is 5.75 Å². The fraction of sp³-hybridized carbons (Fsp3) is 0.235. The second-order valence-electron chi connectivity index (χ2n) is 4.55. The Labute approximate surface area is 119 Å². The maximum Gasteiger partial charge on any atom is 0.122 e. The molecule has 102 valence electrons. The number of rotatable bonds is 5. The van der Waals surface area contributed by atoms with Crippen LogP contribution in [0.2, 0.25) is 0 Å². The Balaban J connectivity index is 1.94. The minimum absolute atomic E-state index is 0.265. The summed E-state index contributed by atoms with van der Waals surface area (Å²) in [7, 11) is 0. The standard InChI is InChI=1S/C17H17NO2/c1-2-15-11-16(19)7-8-17(15)20-10-9-13-3-5-14(12-18)6-4-13/h3-8,11,19H,2,9-10H2,1H3. The van der Waals surface area contributed by atoms with Gasteiger partial charge < -0.3 is 9.84 Å². The molecule has 0 unspecified atom stereocenters. The molecule has 3 nitrogen and oxygen atoms in total. The molecule has 0 heterocycles. The smallest absolute Gasteiger partial charge is 0.122 e. The van der Waals surface area contributed by atoms with Crippen LogP contribution in [0.3, 0.4) is 0 Å². The van der Waals surface area contributed by atoms with Crippen molar-refractivity contribution in [3.63, 3.8) is 0 Å². The van der Waals surface area contributed by atoms with Crippen molar-refractivity contribution in [3.8, 4) is 17.6 Å². The topological polar surface area (TPSA) is 53.2 Å². The molecule has 1 N–H and O–H groups in total. The number of hydrogen-bond donors (Lipinski definition) is 1. The highest BCUT2D eigenvalue weighted by molar-refractivity contribution is 5.39.